The quantitative estimate of drug-likeness (QED) is 0.831. The number of piperidine rings is 2. The van der Waals surface area contributed by atoms with E-state index in [9.17, 15) is 4.79 Å². The maximum atomic E-state index is 12.5. The van der Waals surface area contributed by atoms with Crippen LogP contribution in [0, 0.1) is 5.41 Å². The third-order valence-electron chi connectivity index (χ3n) is 5.60. The van der Waals surface area contributed by atoms with Gasteiger partial charge in [0.05, 0.1) is 18.0 Å². The molecular weight excluding hydrogens is 316 g/mol. The summed E-state index contributed by atoms with van der Waals surface area (Å²) >= 11 is 0. The molecule has 0 atom stereocenters. The predicted molar refractivity (Wildman–Crippen MR) is 93.1 cm³/mol. The van der Waals surface area contributed by atoms with Crippen LogP contribution in [0.3, 0.4) is 0 Å². The molecule has 0 radical (unpaired) electrons. The Labute approximate surface area is 147 Å². The second kappa shape index (κ2) is 6.74. The van der Waals surface area contributed by atoms with Crippen LogP contribution >= 0.6 is 0 Å². The van der Waals surface area contributed by atoms with Gasteiger partial charge in [0.15, 0.2) is 0 Å². The molecule has 0 aromatic carbocycles. The number of nitrogens with zero attached hydrogens (tertiary/aromatic N) is 6. The van der Waals surface area contributed by atoms with Gasteiger partial charge in [-0.1, -0.05) is 0 Å². The zero-order valence-corrected chi connectivity index (χ0v) is 14.2. The second-order valence-electron chi connectivity index (χ2n) is 6.96. The van der Waals surface area contributed by atoms with Crippen LogP contribution in [-0.4, -0.2) is 57.2 Å². The van der Waals surface area contributed by atoms with Gasteiger partial charge >= 0.3 is 0 Å². The molecule has 0 aliphatic carbocycles. The summed E-state index contributed by atoms with van der Waals surface area (Å²) in [7, 11) is 0. The van der Waals surface area contributed by atoms with Gasteiger partial charge in [-0.05, 0) is 43.2 Å². The lowest BCUT2D eigenvalue weighted by Gasteiger charge is -2.46. The van der Waals surface area contributed by atoms with Crippen molar-refractivity contribution in [2.45, 2.75) is 25.7 Å². The molecule has 1 spiro atoms. The van der Waals surface area contributed by atoms with Crippen LogP contribution in [-0.2, 0) is 0 Å². The maximum absolute atomic E-state index is 12.5. The first-order chi connectivity index (χ1) is 12.3. The minimum Gasteiger partial charge on any atom is -0.341 e. The zero-order chi connectivity index (χ0) is 17.1. The lowest BCUT2D eigenvalue weighted by molar-refractivity contribution is 0.0513. The van der Waals surface area contributed by atoms with Crippen molar-refractivity contribution in [2.24, 2.45) is 5.41 Å². The van der Waals surface area contributed by atoms with E-state index in [0.29, 0.717) is 11.0 Å². The minimum atomic E-state index is 0.0693. The Morgan fingerprint density at radius 2 is 1.60 bits per heavy atom. The van der Waals surface area contributed by atoms with E-state index in [1.807, 2.05) is 11.0 Å². The number of hydrogen-bond acceptors (Lipinski definition) is 6. The van der Waals surface area contributed by atoms with E-state index in [1.165, 1.54) is 0 Å². The van der Waals surface area contributed by atoms with Crippen LogP contribution < -0.4 is 4.90 Å². The fourth-order valence-electron chi connectivity index (χ4n) is 3.92. The summed E-state index contributed by atoms with van der Waals surface area (Å²) in [6, 6.07) is 3.58. The molecule has 1 amide bonds. The average Bonchev–Trinajstić information content (AvgIpc) is 2.70. The summed E-state index contributed by atoms with van der Waals surface area (Å²) in [6.07, 6.45) is 11.1. The summed E-state index contributed by atoms with van der Waals surface area (Å²) in [5.74, 6) is 0.898. The third kappa shape index (κ3) is 3.31. The van der Waals surface area contributed by atoms with Crippen molar-refractivity contribution in [1.29, 1.82) is 0 Å². The summed E-state index contributed by atoms with van der Waals surface area (Å²) in [5.41, 5.74) is 0.987. The highest BCUT2D eigenvalue weighted by Gasteiger charge is 2.39. The molecule has 2 aliphatic rings. The van der Waals surface area contributed by atoms with Gasteiger partial charge in [-0.15, -0.1) is 0 Å². The fraction of sp³-hybridized carbons (Fsp3) is 0.500. The average molecular weight is 338 g/mol. The summed E-state index contributed by atoms with van der Waals surface area (Å²) < 4.78 is 0. The molecule has 2 aromatic heterocycles. The Morgan fingerprint density at radius 1 is 0.920 bits per heavy atom. The number of aromatic nitrogens is 4. The number of hydrogen-bond donors (Lipinski definition) is 0. The van der Waals surface area contributed by atoms with Gasteiger partial charge in [-0.2, -0.15) is 10.2 Å². The molecule has 0 unspecified atom stereocenters. The number of rotatable bonds is 2. The molecule has 25 heavy (non-hydrogen) atoms. The summed E-state index contributed by atoms with van der Waals surface area (Å²) in [4.78, 5) is 25.5. The third-order valence-corrected chi connectivity index (χ3v) is 5.60. The van der Waals surface area contributed by atoms with E-state index in [2.05, 4.69) is 25.1 Å². The van der Waals surface area contributed by atoms with E-state index < -0.39 is 0 Å². The first-order valence-electron chi connectivity index (χ1n) is 8.84. The van der Waals surface area contributed by atoms with Crippen LogP contribution in [0.5, 0.6) is 0 Å². The zero-order valence-electron chi connectivity index (χ0n) is 14.2. The van der Waals surface area contributed by atoms with Crippen LogP contribution in [0.15, 0.2) is 36.9 Å². The highest BCUT2D eigenvalue weighted by molar-refractivity contribution is 5.93. The van der Waals surface area contributed by atoms with Crippen LogP contribution in [0.4, 0.5) is 5.95 Å². The first-order valence-corrected chi connectivity index (χ1v) is 8.84. The van der Waals surface area contributed by atoms with E-state index in [-0.39, 0.29) is 5.91 Å². The molecule has 7 nitrogen and oxygen atoms in total. The molecule has 2 saturated heterocycles. The SMILES string of the molecule is O=C(c1ccnnc1)N1CCC2(CC1)CCN(c1ncccn1)CC2. The fourth-order valence-corrected chi connectivity index (χ4v) is 3.92. The van der Waals surface area contributed by atoms with Crippen LogP contribution in [0.25, 0.3) is 0 Å². The maximum Gasteiger partial charge on any atom is 0.255 e. The number of carbonyl (C=O) groups excluding carboxylic acids is 1. The molecule has 7 heteroatoms. The molecule has 0 bridgehead atoms. The Morgan fingerprint density at radius 3 is 2.24 bits per heavy atom. The van der Waals surface area contributed by atoms with E-state index >= 15 is 0 Å². The molecular formula is C18H22N6O. The standard InChI is InChI=1S/C18H22N6O/c25-16(15-2-9-21-22-14-15)23-10-3-18(4-11-23)5-12-24(13-6-18)17-19-7-1-8-20-17/h1-2,7-9,14H,3-6,10-13H2. The molecule has 0 N–H and O–H groups in total. The second-order valence-corrected chi connectivity index (χ2v) is 6.96. The lowest BCUT2D eigenvalue weighted by atomic mass is 9.71. The van der Waals surface area contributed by atoms with Gasteiger partial charge in [0.1, 0.15) is 0 Å². The summed E-state index contributed by atoms with van der Waals surface area (Å²) in [5, 5.41) is 7.54. The molecule has 4 heterocycles. The number of carbonyl (C=O) groups is 1. The number of amides is 1. The van der Waals surface area contributed by atoms with Crippen molar-refractivity contribution >= 4 is 11.9 Å². The predicted octanol–water partition coefficient (Wildman–Crippen LogP) is 1.79. The Bertz CT molecular complexity index is 705. The minimum absolute atomic E-state index is 0.0693. The number of likely N-dealkylation sites (tertiary alicyclic amines) is 1. The van der Waals surface area contributed by atoms with Crippen LogP contribution in [0.1, 0.15) is 36.0 Å². The van der Waals surface area contributed by atoms with Crippen molar-refractivity contribution in [3.8, 4) is 0 Å². The van der Waals surface area contributed by atoms with Crippen LogP contribution in [0.2, 0.25) is 0 Å². The van der Waals surface area contributed by atoms with Gasteiger partial charge in [-0.25, -0.2) is 9.97 Å². The van der Waals surface area contributed by atoms with Gasteiger partial charge in [0.2, 0.25) is 5.95 Å². The molecule has 4 rings (SSSR count). The van der Waals surface area contributed by atoms with E-state index in [0.717, 1.165) is 57.8 Å². The first kappa shape index (κ1) is 15.9. The lowest BCUT2D eigenvalue weighted by Crippen LogP contribution is -2.48. The molecule has 0 saturated carbocycles. The monoisotopic (exact) mass is 338 g/mol. The van der Waals surface area contributed by atoms with Crippen molar-refractivity contribution in [2.75, 3.05) is 31.1 Å². The Kier molecular flexibility index (Phi) is 4.29. The highest BCUT2D eigenvalue weighted by atomic mass is 16.2. The molecule has 2 fully saturated rings. The topological polar surface area (TPSA) is 75.1 Å². The smallest absolute Gasteiger partial charge is 0.255 e. The van der Waals surface area contributed by atoms with Crippen molar-refractivity contribution < 1.29 is 4.79 Å². The largest absolute Gasteiger partial charge is 0.341 e. The normalized spacial score (nSPS) is 19.8. The molecule has 2 aromatic rings. The van der Waals surface area contributed by atoms with Crippen molar-refractivity contribution in [3.63, 3.8) is 0 Å². The highest BCUT2D eigenvalue weighted by Crippen LogP contribution is 2.41. The summed E-state index contributed by atoms with van der Waals surface area (Å²) in [6.45, 7) is 3.63. The van der Waals surface area contributed by atoms with Crippen molar-refractivity contribution in [3.05, 3.63) is 42.5 Å². The van der Waals surface area contributed by atoms with Gasteiger partial charge < -0.3 is 9.80 Å². The molecule has 130 valence electrons. The van der Waals surface area contributed by atoms with Gasteiger partial charge in [0, 0.05) is 38.6 Å². The Hall–Kier alpha value is -2.57. The van der Waals surface area contributed by atoms with E-state index in [1.54, 1.807) is 30.9 Å². The van der Waals surface area contributed by atoms with Gasteiger partial charge in [0.25, 0.3) is 5.91 Å². The molecule has 2 aliphatic heterocycles. The van der Waals surface area contributed by atoms with Gasteiger partial charge in [-0.3, -0.25) is 4.79 Å². The Balaban J connectivity index is 1.34. The van der Waals surface area contributed by atoms with Crippen molar-refractivity contribution in [1.82, 2.24) is 25.1 Å². The van der Waals surface area contributed by atoms with E-state index in [4.69, 9.17) is 0 Å². The number of anilines is 1.